The van der Waals surface area contributed by atoms with Gasteiger partial charge in [0.2, 0.25) is 0 Å². The third kappa shape index (κ3) is 2.20. The highest BCUT2D eigenvalue weighted by Gasteiger charge is 2.10. The van der Waals surface area contributed by atoms with Gasteiger partial charge in [-0.1, -0.05) is 18.2 Å². The van der Waals surface area contributed by atoms with E-state index in [0.717, 1.165) is 10.9 Å². The monoisotopic (exact) mass is 271 g/mol. The van der Waals surface area contributed by atoms with Gasteiger partial charge in [0.15, 0.2) is 0 Å². The smallest absolute Gasteiger partial charge is 0.147 e. The van der Waals surface area contributed by atoms with Gasteiger partial charge < -0.3 is 14.4 Å². The molecule has 0 aliphatic heterocycles. The van der Waals surface area contributed by atoms with Gasteiger partial charge in [-0.05, 0) is 18.2 Å². The first kappa shape index (κ1) is 12.5. The van der Waals surface area contributed by atoms with Crippen molar-refractivity contribution in [2.24, 2.45) is 7.05 Å². The van der Waals surface area contributed by atoms with Crippen molar-refractivity contribution in [3.05, 3.63) is 60.0 Å². The lowest BCUT2D eigenvalue weighted by Crippen LogP contribution is -1.94. The fraction of sp³-hybridized carbons (Fsp3) is 0.125. The van der Waals surface area contributed by atoms with Gasteiger partial charge in [0.25, 0.3) is 0 Å². The fourth-order valence-electron chi connectivity index (χ4n) is 2.35. The van der Waals surface area contributed by atoms with E-state index < -0.39 is 0 Å². The van der Waals surface area contributed by atoms with Crippen LogP contribution in [-0.4, -0.2) is 9.67 Å². The van der Waals surface area contributed by atoms with Gasteiger partial charge in [-0.15, -0.1) is 0 Å². The number of aromatic hydroxyl groups is 1. The Bertz CT molecular complexity index is 764. The first-order chi connectivity index (χ1) is 9.65. The zero-order valence-electron chi connectivity index (χ0n) is 11.0. The van der Waals surface area contributed by atoms with Gasteiger partial charge in [-0.25, -0.2) is 4.39 Å². The van der Waals surface area contributed by atoms with Crippen molar-refractivity contribution in [1.29, 1.82) is 0 Å². The summed E-state index contributed by atoms with van der Waals surface area (Å²) < 4.78 is 21.2. The van der Waals surface area contributed by atoms with Crippen molar-refractivity contribution in [3.63, 3.8) is 0 Å². The molecule has 0 unspecified atom stereocenters. The third-order valence-electron chi connectivity index (χ3n) is 3.25. The summed E-state index contributed by atoms with van der Waals surface area (Å²) in [5.74, 6) is 0.499. The molecule has 102 valence electrons. The number of nitrogens with zero attached hydrogens (tertiary/aromatic N) is 1. The van der Waals surface area contributed by atoms with E-state index in [2.05, 4.69) is 0 Å². The normalized spacial score (nSPS) is 10.9. The van der Waals surface area contributed by atoms with Crippen LogP contribution in [0.1, 0.15) is 5.56 Å². The maximum absolute atomic E-state index is 13.8. The fourth-order valence-corrected chi connectivity index (χ4v) is 2.35. The standard InChI is InChI=1S/C16H14FNO2/c1-18-9-11(14-6-3-7-15(17)16(14)18)10-20-13-5-2-4-12(19)8-13/h2-9,19H,10H2,1H3. The molecule has 2 aromatic carbocycles. The van der Waals surface area contributed by atoms with Crippen LogP contribution in [0, 0.1) is 5.82 Å². The number of phenols is 1. The predicted molar refractivity (Wildman–Crippen MR) is 75.3 cm³/mol. The van der Waals surface area contributed by atoms with Crippen LogP contribution in [0.2, 0.25) is 0 Å². The average molecular weight is 271 g/mol. The number of hydrogen-bond donors (Lipinski definition) is 1. The predicted octanol–water partition coefficient (Wildman–Crippen LogP) is 3.60. The molecule has 0 saturated heterocycles. The molecule has 3 nitrogen and oxygen atoms in total. The number of phenolic OH excluding ortho intramolecular Hbond substituents is 1. The van der Waals surface area contributed by atoms with Gasteiger partial charge in [-0.3, -0.25) is 0 Å². The first-order valence-corrected chi connectivity index (χ1v) is 6.29. The minimum atomic E-state index is -0.242. The zero-order valence-corrected chi connectivity index (χ0v) is 11.0. The van der Waals surface area contributed by atoms with Crippen LogP contribution in [0.3, 0.4) is 0 Å². The number of rotatable bonds is 3. The van der Waals surface area contributed by atoms with E-state index in [1.165, 1.54) is 6.07 Å². The average Bonchev–Trinajstić information content (AvgIpc) is 2.75. The number of hydrogen-bond acceptors (Lipinski definition) is 2. The quantitative estimate of drug-likeness (QED) is 0.789. The number of ether oxygens (including phenoxy) is 1. The van der Waals surface area contributed by atoms with Crippen LogP contribution in [-0.2, 0) is 13.7 Å². The molecule has 1 heterocycles. The van der Waals surface area contributed by atoms with Gasteiger partial charge in [0.1, 0.15) is 23.9 Å². The van der Waals surface area contributed by atoms with Crippen LogP contribution in [0.25, 0.3) is 10.9 Å². The van der Waals surface area contributed by atoms with E-state index in [-0.39, 0.29) is 11.6 Å². The molecule has 0 radical (unpaired) electrons. The van der Waals surface area contributed by atoms with Gasteiger partial charge in [0, 0.05) is 30.3 Å². The van der Waals surface area contributed by atoms with Crippen molar-refractivity contribution in [2.45, 2.75) is 6.61 Å². The lowest BCUT2D eigenvalue weighted by molar-refractivity contribution is 0.305. The molecule has 0 fully saturated rings. The Morgan fingerprint density at radius 1 is 1.20 bits per heavy atom. The molecule has 0 bridgehead atoms. The Morgan fingerprint density at radius 2 is 2.00 bits per heavy atom. The molecule has 20 heavy (non-hydrogen) atoms. The van der Waals surface area contributed by atoms with E-state index in [0.29, 0.717) is 17.9 Å². The van der Waals surface area contributed by atoms with Crippen LogP contribution >= 0.6 is 0 Å². The third-order valence-corrected chi connectivity index (χ3v) is 3.25. The molecule has 0 aliphatic carbocycles. The number of aryl methyl sites for hydroxylation is 1. The lowest BCUT2D eigenvalue weighted by Gasteiger charge is -2.05. The van der Waals surface area contributed by atoms with Crippen LogP contribution in [0.5, 0.6) is 11.5 Å². The highest BCUT2D eigenvalue weighted by Crippen LogP contribution is 2.25. The Balaban J connectivity index is 1.90. The molecule has 1 N–H and O–H groups in total. The SMILES string of the molecule is Cn1cc(COc2cccc(O)c2)c2cccc(F)c21. The molecule has 3 aromatic rings. The van der Waals surface area contributed by atoms with Crippen LogP contribution in [0.4, 0.5) is 4.39 Å². The molecular weight excluding hydrogens is 257 g/mol. The largest absolute Gasteiger partial charge is 0.508 e. The zero-order chi connectivity index (χ0) is 14.1. The summed E-state index contributed by atoms with van der Waals surface area (Å²) in [7, 11) is 1.81. The van der Waals surface area contributed by atoms with Crippen molar-refractivity contribution in [2.75, 3.05) is 0 Å². The van der Waals surface area contributed by atoms with Gasteiger partial charge >= 0.3 is 0 Å². The van der Waals surface area contributed by atoms with E-state index in [4.69, 9.17) is 4.74 Å². The maximum atomic E-state index is 13.8. The Morgan fingerprint density at radius 3 is 2.80 bits per heavy atom. The number of fused-ring (bicyclic) bond motifs is 1. The number of benzene rings is 2. The van der Waals surface area contributed by atoms with E-state index in [9.17, 15) is 9.50 Å². The Labute approximate surface area is 115 Å². The number of para-hydroxylation sites is 1. The molecule has 0 spiro atoms. The second-order valence-corrected chi connectivity index (χ2v) is 4.69. The highest BCUT2D eigenvalue weighted by atomic mass is 19.1. The first-order valence-electron chi connectivity index (χ1n) is 6.29. The van der Waals surface area contributed by atoms with Gasteiger partial charge in [-0.2, -0.15) is 0 Å². The number of aromatic nitrogens is 1. The summed E-state index contributed by atoms with van der Waals surface area (Å²) in [6.07, 6.45) is 1.86. The molecule has 0 saturated carbocycles. The van der Waals surface area contributed by atoms with Crippen molar-refractivity contribution in [1.82, 2.24) is 4.57 Å². The second-order valence-electron chi connectivity index (χ2n) is 4.69. The summed E-state index contributed by atoms with van der Waals surface area (Å²) in [5, 5.41) is 10.2. The molecule has 0 amide bonds. The van der Waals surface area contributed by atoms with E-state index in [1.807, 2.05) is 19.3 Å². The summed E-state index contributed by atoms with van der Waals surface area (Å²) in [5.41, 5.74) is 1.48. The van der Waals surface area contributed by atoms with Crippen molar-refractivity contribution in [3.8, 4) is 11.5 Å². The van der Waals surface area contributed by atoms with Crippen molar-refractivity contribution < 1.29 is 14.2 Å². The maximum Gasteiger partial charge on any atom is 0.147 e. The summed E-state index contributed by atoms with van der Waals surface area (Å²) in [6, 6.07) is 11.6. The summed E-state index contributed by atoms with van der Waals surface area (Å²) in [4.78, 5) is 0. The lowest BCUT2D eigenvalue weighted by atomic mass is 10.2. The van der Waals surface area contributed by atoms with Crippen molar-refractivity contribution >= 4 is 10.9 Å². The number of halogens is 1. The van der Waals surface area contributed by atoms with E-state index in [1.54, 1.807) is 34.9 Å². The van der Waals surface area contributed by atoms with Crippen LogP contribution in [0.15, 0.2) is 48.7 Å². The van der Waals surface area contributed by atoms with Crippen LogP contribution < -0.4 is 4.74 Å². The molecule has 4 heteroatoms. The second kappa shape index (κ2) is 4.89. The molecule has 0 atom stereocenters. The molecule has 3 rings (SSSR count). The topological polar surface area (TPSA) is 34.4 Å². The Hall–Kier alpha value is -2.49. The minimum Gasteiger partial charge on any atom is -0.508 e. The Kier molecular flexibility index (Phi) is 3.06. The molecule has 0 aliphatic rings. The van der Waals surface area contributed by atoms with E-state index >= 15 is 0 Å². The molecule has 1 aromatic heterocycles. The molecular formula is C16H14FNO2. The van der Waals surface area contributed by atoms with Gasteiger partial charge in [0.05, 0.1) is 5.52 Å². The summed E-state index contributed by atoms with van der Waals surface area (Å²) >= 11 is 0. The minimum absolute atomic E-state index is 0.159. The summed E-state index contributed by atoms with van der Waals surface area (Å²) in [6.45, 7) is 0.324. The highest BCUT2D eigenvalue weighted by molar-refractivity contribution is 5.84.